The molecule has 0 aliphatic rings. The Bertz CT molecular complexity index is 617. The van der Waals surface area contributed by atoms with Gasteiger partial charge in [0.25, 0.3) is 5.91 Å². The van der Waals surface area contributed by atoms with Gasteiger partial charge >= 0.3 is 0 Å². The van der Waals surface area contributed by atoms with Crippen molar-refractivity contribution < 1.29 is 4.79 Å². The Morgan fingerprint density at radius 3 is 2.80 bits per heavy atom. The Kier molecular flexibility index (Phi) is 5.17. The van der Waals surface area contributed by atoms with E-state index in [1.807, 2.05) is 6.92 Å². The fourth-order valence-electron chi connectivity index (χ4n) is 1.38. The van der Waals surface area contributed by atoms with Crippen LogP contribution in [0.25, 0.3) is 0 Å². The first-order valence-corrected chi connectivity index (χ1v) is 7.51. The third kappa shape index (κ3) is 3.82. The van der Waals surface area contributed by atoms with Crippen LogP contribution in [0.15, 0.2) is 18.2 Å². The summed E-state index contributed by atoms with van der Waals surface area (Å²) >= 11 is 12.9. The van der Waals surface area contributed by atoms with E-state index in [2.05, 4.69) is 20.8 Å². The zero-order chi connectivity index (χ0) is 14.5. The predicted octanol–water partition coefficient (Wildman–Crippen LogP) is 3.92. The van der Waals surface area contributed by atoms with E-state index in [1.54, 1.807) is 18.2 Å². The molecule has 2 rings (SSSR count). The number of carbonyl (C=O) groups is 1. The molecule has 0 unspecified atom stereocenters. The topological polar surface area (TPSA) is 66.9 Å². The predicted molar refractivity (Wildman–Crippen MR) is 83.1 cm³/mol. The van der Waals surface area contributed by atoms with Crippen LogP contribution >= 0.6 is 34.5 Å². The molecule has 0 spiro atoms. The summed E-state index contributed by atoms with van der Waals surface area (Å²) in [6, 6.07) is 4.87. The molecular formula is C12H12Cl2N4OS. The minimum atomic E-state index is -0.328. The molecule has 1 aromatic heterocycles. The number of aromatic nitrogens is 2. The third-order valence-corrected chi connectivity index (χ3v) is 3.94. The van der Waals surface area contributed by atoms with Crippen molar-refractivity contribution in [2.75, 3.05) is 17.2 Å². The van der Waals surface area contributed by atoms with Crippen molar-refractivity contribution in [3.8, 4) is 0 Å². The maximum Gasteiger partial charge on any atom is 0.286 e. The zero-order valence-electron chi connectivity index (χ0n) is 10.6. The smallest absolute Gasteiger partial charge is 0.286 e. The lowest BCUT2D eigenvalue weighted by Gasteiger charge is -2.03. The van der Waals surface area contributed by atoms with Crippen molar-refractivity contribution in [1.82, 2.24) is 10.2 Å². The van der Waals surface area contributed by atoms with Gasteiger partial charge in [0.05, 0.1) is 10.0 Å². The summed E-state index contributed by atoms with van der Waals surface area (Å²) in [7, 11) is 0. The Morgan fingerprint density at radius 1 is 1.30 bits per heavy atom. The first-order valence-electron chi connectivity index (χ1n) is 5.94. The quantitative estimate of drug-likeness (QED) is 0.871. The summed E-state index contributed by atoms with van der Waals surface area (Å²) in [5.74, 6) is -0.328. The molecule has 0 bridgehead atoms. The van der Waals surface area contributed by atoms with Gasteiger partial charge in [-0.25, -0.2) is 0 Å². The average molecular weight is 331 g/mol. The average Bonchev–Trinajstić information content (AvgIpc) is 2.89. The lowest BCUT2D eigenvalue weighted by Crippen LogP contribution is -2.11. The van der Waals surface area contributed by atoms with Crippen molar-refractivity contribution in [2.24, 2.45) is 0 Å². The molecule has 0 saturated heterocycles. The molecule has 1 heterocycles. The van der Waals surface area contributed by atoms with Gasteiger partial charge < -0.3 is 10.6 Å². The Balaban J connectivity index is 2.03. The van der Waals surface area contributed by atoms with Gasteiger partial charge in [-0.3, -0.25) is 4.79 Å². The molecule has 0 saturated carbocycles. The summed E-state index contributed by atoms with van der Waals surface area (Å²) in [5, 5.41) is 15.2. The second kappa shape index (κ2) is 6.88. The van der Waals surface area contributed by atoms with Crippen LogP contribution in [0.4, 0.5) is 10.8 Å². The van der Waals surface area contributed by atoms with Crippen LogP contribution in [0.1, 0.15) is 23.1 Å². The highest BCUT2D eigenvalue weighted by molar-refractivity contribution is 7.17. The summed E-state index contributed by atoms with van der Waals surface area (Å²) in [4.78, 5) is 12.0. The molecule has 106 valence electrons. The van der Waals surface area contributed by atoms with E-state index in [9.17, 15) is 4.79 Å². The van der Waals surface area contributed by atoms with Crippen LogP contribution in [-0.2, 0) is 0 Å². The van der Waals surface area contributed by atoms with Gasteiger partial charge in [0.2, 0.25) is 10.1 Å². The number of anilines is 2. The van der Waals surface area contributed by atoms with E-state index in [1.165, 1.54) is 11.3 Å². The minimum absolute atomic E-state index is 0.287. The summed E-state index contributed by atoms with van der Waals surface area (Å²) < 4.78 is 0. The number of hydrogen-bond acceptors (Lipinski definition) is 5. The van der Waals surface area contributed by atoms with Gasteiger partial charge in [-0.05, 0) is 24.6 Å². The normalized spacial score (nSPS) is 10.3. The number of rotatable bonds is 5. The zero-order valence-corrected chi connectivity index (χ0v) is 12.9. The highest BCUT2D eigenvalue weighted by Gasteiger charge is 2.13. The van der Waals surface area contributed by atoms with Crippen LogP contribution in [0, 0.1) is 0 Å². The number of halogens is 2. The van der Waals surface area contributed by atoms with Gasteiger partial charge in [-0.2, -0.15) is 0 Å². The van der Waals surface area contributed by atoms with Crippen LogP contribution in [0.2, 0.25) is 10.0 Å². The SMILES string of the molecule is CCCNc1nnc(C(=O)Nc2ccc(Cl)c(Cl)c2)s1. The number of amides is 1. The van der Waals surface area contributed by atoms with Crippen molar-refractivity contribution in [1.29, 1.82) is 0 Å². The number of hydrogen-bond donors (Lipinski definition) is 2. The molecule has 0 aliphatic carbocycles. The molecule has 1 aromatic carbocycles. The Hall–Kier alpha value is -1.37. The van der Waals surface area contributed by atoms with E-state index >= 15 is 0 Å². The lowest BCUT2D eigenvalue weighted by molar-refractivity contribution is 0.102. The minimum Gasteiger partial charge on any atom is -0.360 e. The molecule has 5 nitrogen and oxygen atoms in total. The standard InChI is InChI=1S/C12H12Cl2N4OS/c1-2-5-15-12-18-17-11(20-12)10(19)16-7-3-4-8(13)9(14)6-7/h3-4,6H,2,5H2,1H3,(H,15,18)(H,16,19). The Morgan fingerprint density at radius 2 is 2.10 bits per heavy atom. The molecule has 1 amide bonds. The van der Waals surface area contributed by atoms with Crippen molar-refractivity contribution in [3.05, 3.63) is 33.3 Å². The number of carbonyl (C=O) groups excluding carboxylic acids is 1. The fraction of sp³-hybridized carbons (Fsp3) is 0.250. The van der Waals surface area contributed by atoms with E-state index in [0.717, 1.165) is 13.0 Å². The maximum atomic E-state index is 12.0. The first kappa shape index (κ1) is 15.0. The van der Waals surface area contributed by atoms with Crippen molar-refractivity contribution >= 4 is 51.3 Å². The largest absolute Gasteiger partial charge is 0.360 e. The van der Waals surface area contributed by atoms with Gasteiger partial charge in [-0.15, -0.1) is 10.2 Å². The molecular weight excluding hydrogens is 319 g/mol. The van der Waals surface area contributed by atoms with Crippen LogP contribution in [0.3, 0.4) is 0 Å². The van der Waals surface area contributed by atoms with Gasteiger partial charge in [0.1, 0.15) is 0 Å². The summed E-state index contributed by atoms with van der Waals surface area (Å²) in [6.07, 6.45) is 0.977. The van der Waals surface area contributed by atoms with Gasteiger partial charge in [-0.1, -0.05) is 41.5 Å². The number of nitrogens with zero attached hydrogens (tertiary/aromatic N) is 2. The van der Waals surface area contributed by atoms with E-state index < -0.39 is 0 Å². The molecule has 0 radical (unpaired) electrons. The second-order valence-corrected chi connectivity index (χ2v) is 5.71. The van der Waals surface area contributed by atoms with E-state index in [4.69, 9.17) is 23.2 Å². The maximum absolute atomic E-state index is 12.0. The summed E-state index contributed by atoms with van der Waals surface area (Å²) in [5.41, 5.74) is 0.558. The number of nitrogens with one attached hydrogen (secondary N) is 2. The van der Waals surface area contributed by atoms with E-state index in [0.29, 0.717) is 20.9 Å². The van der Waals surface area contributed by atoms with Gasteiger partial charge in [0, 0.05) is 12.2 Å². The monoisotopic (exact) mass is 330 g/mol. The molecule has 20 heavy (non-hydrogen) atoms. The van der Waals surface area contributed by atoms with E-state index in [-0.39, 0.29) is 10.9 Å². The molecule has 2 N–H and O–H groups in total. The molecule has 8 heteroatoms. The molecule has 2 aromatic rings. The fourth-order valence-corrected chi connectivity index (χ4v) is 2.34. The molecule has 0 aliphatic heterocycles. The van der Waals surface area contributed by atoms with Crippen LogP contribution < -0.4 is 10.6 Å². The summed E-state index contributed by atoms with van der Waals surface area (Å²) in [6.45, 7) is 2.84. The van der Waals surface area contributed by atoms with Crippen molar-refractivity contribution in [3.63, 3.8) is 0 Å². The molecule has 0 atom stereocenters. The Labute approximate surface area is 130 Å². The van der Waals surface area contributed by atoms with Crippen LogP contribution in [-0.4, -0.2) is 22.6 Å². The van der Waals surface area contributed by atoms with Crippen LogP contribution in [0.5, 0.6) is 0 Å². The highest BCUT2D eigenvalue weighted by Crippen LogP contribution is 2.25. The van der Waals surface area contributed by atoms with Gasteiger partial charge in [0.15, 0.2) is 0 Å². The second-order valence-electron chi connectivity index (χ2n) is 3.92. The lowest BCUT2D eigenvalue weighted by atomic mass is 10.3. The third-order valence-electron chi connectivity index (χ3n) is 2.32. The highest BCUT2D eigenvalue weighted by atomic mass is 35.5. The number of benzene rings is 1. The van der Waals surface area contributed by atoms with Crippen molar-refractivity contribution in [2.45, 2.75) is 13.3 Å². The first-order chi connectivity index (χ1) is 9.60. The molecule has 0 fully saturated rings.